The molecule has 0 fully saturated rings. The summed E-state index contributed by atoms with van der Waals surface area (Å²) in [6, 6.07) is 18.5. The zero-order valence-electron chi connectivity index (χ0n) is 14.7. The van der Waals surface area contributed by atoms with Crippen LogP contribution in [0.15, 0.2) is 67.1 Å². The Kier molecular flexibility index (Phi) is 4.51. The fourth-order valence-electron chi connectivity index (χ4n) is 2.97. The van der Waals surface area contributed by atoms with E-state index in [1.54, 1.807) is 6.33 Å². The molecule has 5 heteroatoms. The number of H-pyrrole nitrogens is 1. The molecule has 5 nitrogen and oxygen atoms in total. The number of nitrogens with zero attached hydrogens (tertiary/aromatic N) is 2. The van der Waals surface area contributed by atoms with Crippen LogP contribution >= 0.6 is 0 Å². The lowest BCUT2D eigenvalue weighted by Crippen LogP contribution is -2.07. The minimum atomic E-state index is 0.776. The summed E-state index contributed by atoms with van der Waals surface area (Å²) in [7, 11) is 0. The topological polar surface area (TPSA) is 65.6 Å². The Morgan fingerprint density at radius 3 is 2.65 bits per heavy atom. The van der Waals surface area contributed by atoms with Crippen LogP contribution in [0.5, 0.6) is 0 Å². The molecule has 2 aromatic heterocycles. The van der Waals surface area contributed by atoms with E-state index in [4.69, 9.17) is 0 Å². The van der Waals surface area contributed by atoms with Crippen molar-refractivity contribution in [1.29, 1.82) is 0 Å². The van der Waals surface area contributed by atoms with E-state index in [1.807, 2.05) is 24.3 Å². The molecule has 2 heterocycles. The summed E-state index contributed by atoms with van der Waals surface area (Å²) in [5.41, 5.74) is 4.73. The van der Waals surface area contributed by atoms with E-state index in [0.717, 1.165) is 30.3 Å². The van der Waals surface area contributed by atoms with Gasteiger partial charge in [0.15, 0.2) is 0 Å². The van der Waals surface area contributed by atoms with Crippen molar-refractivity contribution in [2.45, 2.75) is 13.3 Å². The van der Waals surface area contributed by atoms with E-state index < -0.39 is 0 Å². The number of rotatable bonds is 6. The standard InChI is InChI=1S/C21H21N5/c1-15-6-8-17(9-7-15)26-21-12-20(24-14-25-21)22-11-10-16-13-23-19-5-3-2-4-18(16)19/h2-9,12-14,23H,10-11H2,1H3,(H2,22,24,25,26). The summed E-state index contributed by atoms with van der Waals surface area (Å²) >= 11 is 0. The van der Waals surface area contributed by atoms with Crippen LogP contribution in [-0.4, -0.2) is 21.5 Å². The molecule has 0 radical (unpaired) electrons. The van der Waals surface area contributed by atoms with Gasteiger partial charge in [-0.05, 0) is 37.1 Å². The Labute approximate surface area is 152 Å². The maximum Gasteiger partial charge on any atom is 0.135 e. The van der Waals surface area contributed by atoms with Crippen LogP contribution < -0.4 is 10.6 Å². The molecule has 26 heavy (non-hydrogen) atoms. The fraction of sp³-hybridized carbons (Fsp3) is 0.143. The molecule has 4 rings (SSSR count). The first-order valence-electron chi connectivity index (χ1n) is 8.72. The lowest BCUT2D eigenvalue weighted by molar-refractivity contribution is 1.01. The van der Waals surface area contributed by atoms with Gasteiger partial charge in [0, 0.05) is 35.4 Å². The lowest BCUT2D eigenvalue weighted by Gasteiger charge is -2.09. The van der Waals surface area contributed by atoms with E-state index in [-0.39, 0.29) is 0 Å². The molecule has 0 atom stereocenters. The zero-order chi connectivity index (χ0) is 17.8. The van der Waals surface area contributed by atoms with Crippen molar-refractivity contribution >= 4 is 28.2 Å². The summed E-state index contributed by atoms with van der Waals surface area (Å²) in [6.07, 6.45) is 4.58. The van der Waals surface area contributed by atoms with E-state index in [0.29, 0.717) is 0 Å². The molecule has 0 amide bonds. The molecule has 0 saturated carbocycles. The number of aromatic amines is 1. The quantitative estimate of drug-likeness (QED) is 0.476. The average molecular weight is 343 g/mol. The summed E-state index contributed by atoms with van der Waals surface area (Å²) in [4.78, 5) is 11.9. The molecule has 0 unspecified atom stereocenters. The first kappa shape index (κ1) is 16.1. The van der Waals surface area contributed by atoms with Crippen molar-refractivity contribution in [3.8, 4) is 0 Å². The van der Waals surface area contributed by atoms with Gasteiger partial charge in [-0.25, -0.2) is 9.97 Å². The maximum atomic E-state index is 4.31. The predicted molar refractivity (Wildman–Crippen MR) is 107 cm³/mol. The third-order valence-corrected chi connectivity index (χ3v) is 4.37. The van der Waals surface area contributed by atoms with Gasteiger partial charge in [0.05, 0.1) is 0 Å². The third kappa shape index (κ3) is 3.67. The molecule has 0 aliphatic rings. The summed E-state index contributed by atoms with van der Waals surface area (Å²) in [5, 5.41) is 7.96. The Bertz CT molecular complexity index is 1000. The summed E-state index contributed by atoms with van der Waals surface area (Å²) in [5.74, 6) is 1.59. The molecule has 0 bridgehead atoms. The Morgan fingerprint density at radius 1 is 0.962 bits per heavy atom. The third-order valence-electron chi connectivity index (χ3n) is 4.37. The highest BCUT2D eigenvalue weighted by Gasteiger charge is 2.04. The first-order chi connectivity index (χ1) is 12.8. The zero-order valence-corrected chi connectivity index (χ0v) is 14.7. The minimum absolute atomic E-state index is 0.776. The number of anilines is 3. The van der Waals surface area contributed by atoms with Crippen LogP contribution in [0, 0.1) is 6.92 Å². The molecule has 2 aromatic carbocycles. The molecule has 0 saturated heterocycles. The second-order valence-corrected chi connectivity index (χ2v) is 6.32. The van der Waals surface area contributed by atoms with E-state index >= 15 is 0 Å². The van der Waals surface area contributed by atoms with Gasteiger partial charge in [-0.1, -0.05) is 35.9 Å². The Hall–Kier alpha value is -3.34. The maximum absolute atomic E-state index is 4.31. The molecule has 4 aromatic rings. The molecule has 0 aliphatic carbocycles. The average Bonchev–Trinajstić information content (AvgIpc) is 3.07. The highest BCUT2D eigenvalue weighted by atomic mass is 15.1. The number of para-hydroxylation sites is 1. The fourth-order valence-corrected chi connectivity index (χ4v) is 2.97. The van der Waals surface area contributed by atoms with Crippen molar-refractivity contribution in [2.24, 2.45) is 0 Å². The van der Waals surface area contributed by atoms with Gasteiger partial charge in [0.1, 0.15) is 18.0 Å². The second kappa shape index (κ2) is 7.27. The van der Waals surface area contributed by atoms with Crippen molar-refractivity contribution < 1.29 is 0 Å². The highest BCUT2D eigenvalue weighted by Crippen LogP contribution is 2.19. The SMILES string of the molecule is Cc1ccc(Nc2cc(NCCc3c[nH]c4ccccc34)ncn2)cc1. The number of aromatic nitrogens is 3. The van der Waals surface area contributed by atoms with Crippen molar-refractivity contribution in [1.82, 2.24) is 15.0 Å². The minimum Gasteiger partial charge on any atom is -0.370 e. The van der Waals surface area contributed by atoms with E-state index in [2.05, 4.69) is 69.0 Å². The monoisotopic (exact) mass is 343 g/mol. The molecule has 0 aliphatic heterocycles. The smallest absolute Gasteiger partial charge is 0.135 e. The highest BCUT2D eigenvalue weighted by molar-refractivity contribution is 5.83. The van der Waals surface area contributed by atoms with Gasteiger partial charge in [-0.2, -0.15) is 0 Å². The molecular weight excluding hydrogens is 322 g/mol. The summed E-state index contributed by atoms with van der Waals surface area (Å²) < 4.78 is 0. The van der Waals surface area contributed by atoms with Crippen LogP contribution in [0.2, 0.25) is 0 Å². The molecular formula is C21H21N5. The van der Waals surface area contributed by atoms with Crippen LogP contribution in [0.3, 0.4) is 0 Å². The van der Waals surface area contributed by atoms with Gasteiger partial charge in [0.2, 0.25) is 0 Å². The number of hydrogen-bond donors (Lipinski definition) is 3. The molecule has 0 spiro atoms. The normalized spacial score (nSPS) is 10.8. The number of aryl methyl sites for hydroxylation is 1. The van der Waals surface area contributed by atoms with Crippen molar-refractivity contribution in [3.63, 3.8) is 0 Å². The van der Waals surface area contributed by atoms with E-state index in [9.17, 15) is 0 Å². The number of nitrogens with one attached hydrogen (secondary N) is 3. The first-order valence-corrected chi connectivity index (χ1v) is 8.72. The Balaban J connectivity index is 1.38. The number of benzene rings is 2. The number of hydrogen-bond acceptors (Lipinski definition) is 4. The van der Waals surface area contributed by atoms with Gasteiger partial charge < -0.3 is 15.6 Å². The van der Waals surface area contributed by atoms with Crippen LogP contribution in [0.1, 0.15) is 11.1 Å². The van der Waals surface area contributed by atoms with Crippen molar-refractivity contribution in [2.75, 3.05) is 17.2 Å². The lowest BCUT2D eigenvalue weighted by atomic mass is 10.1. The Morgan fingerprint density at radius 2 is 1.77 bits per heavy atom. The molecule has 3 N–H and O–H groups in total. The molecule has 130 valence electrons. The summed E-state index contributed by atoms with van der Waals surface area (Å²) in [6.45, 7) is 2.88. The van der Waals surface area contributed by atoms with Crippen molar-refractivity contribution in [3.05, 3.63) is 78.2 Å². The van der Waals surface area contributed by atoms with Crippen LogP contribution in [0.25, 0.3) is 10.9 Å². The predicted octanol–water partition coefficient (Wildman–Crippen LogP) is 4.66. The van der Waals surface area contributed by atoms with Gasteiger partial charge in [-0.15, -0.1) is 0 Å². The largest absolute Gasteiger partial charge is 0.370 e. The van der Waals surface area contributed by atoms with Gasteiger partial charge in [-0.3, -0.25) is 0 Å². The van der Waals surface area contributed by atoms with Gasteiger partial charge in [0.25, 0.3) is 0 Å². The second-order valence-electron chi connectivity index (χ2n) is 6.32. The van der Waals surface area contributed by atoms with E-state index in [1.165, 1.54) is 22.0 Å². The van der Waals surface area contributed by atoms with Gasteiger partial charge >= 0.3 is 0 Å². The van der Waals surface area contributed by atoms with Crippen LogP contribution in [0.4, 0.5) is 17.3 Å². The van der Waals surface area contributed by atoms with Crippen LogP contribution in [-0.2, 0) is 6.42 Å². The number of fused-ring (bicyclic) bond motifs is 1.